The zero-order valence-electron chi connectivity index (χ0n) is 14.1. The second-order valence-electron chi connectivity index (χ2n) is 6.23. The van der Waals surface area contributed by atoms with Gasteiger partial charge in [-0.15, -0.1) is 0 Å². The first-order valence-electron chi connectivity index (χ1n) is 8.10. The quantitative estimate of drug-likeness (QED) is 0.643. The second kappa shape index (κ2) is 7.09. The van der Waals surface area contributed by atoms with Crippen molar-refractivity contribution in [3.63, 3.8) is 0 Å². The molecule has 2 aromatic rings. The van der Waals surface area contributed by atoms with Gasteiger partial charge in [-0.05, 0) is 18.9 Å². The molecule has 8 heteroatoms. The minimum atomic E-state index is -1.09. The van der Waals surface area contributed by atoms with Gasteiger partial charge in [-0.3, -0.25) is 10.1 Å². The molecule has 1 N–H and O–H groups in total. The van der Waals surface area contributed by atoms with Gasteiger partial charge in [0, 0.05) is 29.7 Å². The van der Waals surface area contributed by atoms with Crippen LogP contribution in [0.1, 0.15) is 18.4 Å². The van der Waals surface area contributed by atoms with Crippen LogP contribution in [0.15, 0.2) is 36.4 Å². The fourth-order valence-electron chi connectivity index (χ4n) is 3.31. The Kier molecular flexibility index (Phi) is 5.02. The van der Waals surface area contributed by atoms with Crippen LogP contribution in [-0.4, -0.2) is 30.2 Å². The first-order valence-corrected chi connectivity index (χ1v) is 8.48. The van der Waals surface area contributed by atoms with E-state index >= 15 is 0 Å². The summed E-state index contributed by atoms with van der Waals surface area (Å²) in [4.78, 5) is 12.1. The van der Waals surface area contributed by atoms with Gasteiger partial charge in [-0.1, -0.05) is 29.8 Å². The summed E-state index contributed by atoms with van der Waals surface area (Å²) in [6.45, 7) is 0.749. The van der Waals surface area contributed by atoms with Gasteiger partial charge >= 0.3 is 5.69 Å². The zero-order valence-corrected chi connectivity index (χ0v) is 14.9. The van der Waals surface area contributed by atoms with E-state index in [0.717, 1.165) is 6.07 Å². The predicted octanol–water partition coefficient (Wildman–Crippen LogP) is 3.88. The van der Waals surface area contributed by atoms with Crippen LogP contribution < -0.4 is 9.64 Å². The van der Waals surface area contributed by atoms with E-state index in [1.165, 1.54) is 13.2 Å². The molecule has 26 heavy (non-hydrogen) atoms. The second-order valence-corrected chi connectivity index (χ2v) is 6.64. The third kappa shape index (κ3) is 3.32. The van der Waals surface area contributed by atoms with Crippen LogP contribution in [0.3, 0.4) is 0 Å². The molecular weight excluding hydrogens is 363 g/mol. The highest BCUT2D eigenvalue weighted by atomic mass is 35.5. The molecule has 1 aliphatic heterocycles. The van der Waals surface area contributed by atoms with Crippen molar-refractivity contribution in [3.05, 3.63) is 62.9 Å². The first kappa shape index (κ1) is 18.4. The van der Waals surface area contributed by atoms with Crippen LogP contribution in [0.4, 0.5) is 15.8 Å². The first-order chi connectivity index (χ1) is 12.4. The molecule has 6 nitrogen and oxygen atoms in total. The summed E-state index contributed by atoms with van der Waals surface area (Å²) < 4.78 is 19.4. The van der Waals surface area contributed by atoms with E-state index in [0.29, 0.717) is 36.5 Å². The van der Waals surface area contributed by atoms with E-state index in [2.05, 4.69) is 0 Å². The molecule has 0 saturated carbocycles. The number of aliphatic hydroxyl groups is 1. The minimum absolute atomic E-state index is 0.00154. The van der Waals surface area contributed by atoms with E-state index in [1.54, 1.807) is 23.1 Å². The summed E-state index contributed by atoms with van der Waals surface area (Å²) in [6.07, 6.45) is 0.713. The van der Waals surface area contributed by atoms with Crippen molar-refractivity contribution in [3.8, 4) is 5.75 Å². The van der Waals surface area contributed by atoms with Crippen LogP contribution in [0.25, 0.3) is 0 Å². The number of hydrogen-bond acceptors (Lipinski definition) is 5. The Labute approximate surface area is 154 Å². The third-order valence-electron chi connectivity index (χ3n) is 4.75. The molecule has 1 heterocycles. The molecule has 0 bridgehead atoms. The van der Waals surface area contributed by atoms with E-state index in [-0.39, 0.29) is 11.4 Å². The summed E-state index contributed by atoms with van der Waals surface area (Å²) in [5.74, 6) is -0.695. The van der Waals surface area contributed by atoms with Crippen LogP contribution >= 0.6 is 11.6 Å². The Morgan fingerprint density at radius 3 is 2.54 bits per heavy atom. The molecule has 0 unspecified atom stereocenters. The predicted molar refractivity (Wildman–Crippen MR) is 96.4 cm³/mol. The third-order valence-corrected chi connectivity index (χ3v) is 5.08. The molecule has 1 saturated heterocycles. The number of rotatable bonds is 4. The van der Waals surface area contributed by atoms with Gasteiger partial charge in [0.15, 0.2) is 11.6 Å². The maximum absolute atomic E-state index is 14.4. The molecule has 0 aromatic heterocycles. The Balaban J connectivity index is 1.84. The van der Waals surface area contributed by atoms with Gasteiger partial charge in [0.25, 0.3) is 0 Å². The molecule has 1 fully saturated rings. The lowest BCUT2D eigenvalue weighted by Gasteiger charge is -2.40. The van der Waals surface area contributed by atoms with E-state index in [9.17, 15) is 19.6 Å². The highest BCUT2D eigenvalue weighted by Crippen LogP contribution is 2.40. The Morgan fingerprint density at radius 2 is 1.96 bits per heavy atom. The fraction of sp³-hybridized carbons (Fsp3) is 0.333. The number of halogens is 2. The molecule has 2 aromatic carbocycles. The monoisotopic (exact) mass is 380 g/mol. The van der Waals surface area contributed by atoms with Crippen LogP contribution in [0.2, 0.25) is 5.02 Å². The average molecular weight is 381 g/mol. The summed E-state index contributed by atoms with van der Waals surface area (Å²) >= 11 is 6.20. The number of nitro benzene ring substituents is 1. The van der Waals surface area contributed by atoms with E-state index < -0.39 is 22.0 Å². The molecule has 0 spiro atoms. The summed E-state index contributed by atoms with van der Waals surface area (Å²) in [5, 5.41) is 22.4. The van der Waals surface area contributed by atoms with Crippen molar-refractivity contribution in [1.82, 2.24) is 0 Å². The maximum Gasteiger partial charge on any atom is 0.313 e. The van der Waals surface area contributed by atoms with Gasteiger partial charge in [0.05, 0.1) is 29.4 Å². The number of nitro groups is 1. The molecule has 3 rings (SSSR count). The van der Waals surface area contributed by atoms with Crippen molar-refractivity contribution in [2.75, 3.05) is 25.1 Å². The largest absolute Gasteiger partial charge is 0.490 e. The number of ether oxygens (including phenoxy) is 1. The standard InChI is InChI=1S/C18H18ClFN2O4/c1-26-17-11-15(14(20)10-16(17)22(24)25)21-8-6-18(23,7-9-21)12-4-2-3-5-13(12)19/h2-5,10-11,23H,6-9H2,1H3. The normalized spacial score (nSPS) is 16.4. The fourth-order valence-corrected chi connectivity index (χ4v) is 3.62. The number of piperidine rings is 1. The van der Waals surface area contributed by atoms with Crippen molar-refractivity contribution < 1.29 is 19.2 Å². The van der Waals surface area contributed by atoms with Crippen molar-refractivity contribution in [1.29, 1.82) is 0 Å². The lowest BCUT2D eigenvalue weighted by Crippen LogP contribution is -2.43. The molecule has 138 valence electrons. The van der Waals surface area contributed by atoms with Gasteiger partial charge in [0.2, 0.25) is 0 Å². The van der Waals surface area contributed by atoms with Crippen molar-refractivity contribution in [2.45, 2.75) is 18.4 Å². The van der Waals surface area contributed by atoms with E-state index in [4.69, 9.17) is 16.3 Å². The highest BCUT2D eigenvalue weighted by Gasteiger charge is 2.36. The lowest BCUT2D eigenvalue weighted by atomic mass is 9.84. The number of hydrogen-bond donors (Lipinski definition) is 1. The molecular formula is C18H18ClFN2O4. The molecule has 1 aliphatic rings. The van der Waals surface area contributed by atoms with Crippen molar-refractivity contribution in [2.24, 2.45) is 0 Å². The van der Waals surface area contributed by atoms with Crippen LogP contribution in [0.5, 0.6) is 5.75 Å². The zero-order chi connectivity index (χ0) is 18.9. The number of methoxy groups -OCH3 is 1. The van der Waals surface area contributed by atoms with Gasteiger partial charge in [0.1, 0.15) is 0 Å². The molecule has 0 amide bonds. The maximum atomic E-state index is 14.4. The van der Waals surface area contributed by atoms with Crippen molar-refractivity contribution >= 4 is 23.0 Å². The summed E-state index contributed by atoms with van der Waals surface area (Å²) in [7, 11) is 1.30. The molecule has 0 aliphatic carbocycles. The highest BCUT2D eigenvalue weighted by molar-refractivity contribution is 6.31. The summed E-state index contributed by atoms with van der Waals surface area (Å²) in [5.41, 5.74) is -0.633. The molecule has 0 atom stereocenters. The smallest absolute Gasteiger partial charge is 0.313 e. The van der Waals surface area contributed by atoms with Crippen LogP contribution in [-0.2, 0) is 5.60 Å². The minimum Gasteiger partial charge on any atom is -0.490 e. The molecule has 0 radical (unpaired) electrons. The SMILES string of the molecule is COc1cc(N2CCC(O)(c3ccccc3Cl)CC2)c(F)cc1[N+](=O)[O-]. The lowest BCUT2D eigenvalue weighted by molar-refractivity contribution is -0.385. The summed E-state index contributed by atoms with van der Waals surface area (Å²) in [6, 6.07) is 9.31. The number of nitrogens with zero attached hydrogens (tertiary/aromatic N) is 2. The number of anilines is 1. The Morgan fingerprint density at radius 1 is 1.31 bits per heavy atom. The average Bonchev–Trinajstić information content (AvgIpc) is 2.62. The van der Waals surface area contributed by atoms with E-state index in [1.807, 2.05) is 6.07 Å². The topological polar surface area (TPSA) is 75.8 Å². The van der Waals surface area contributed by atoms with Gasteiger partial charge in [-0.2, -0.15) is 0 Å². The Hall–Kier alpha value is -2.38. The Bertz CT molecular complexity index is 838. The number of benzene rings is 2. The van der Waals surface area contributed by atoms with Gasteiger partial charge in [-0.25, -0.2) is 4.39 Å². The van der Waals surface area contributed by atoms with Gasteiger partial charge < -0.3 is 14.7 Å². The van der Waals surface area contributed by atoms with Crippen LogP contribution in [0, 0.1) is 15.9 Å².